The molecule has 72 valence electrons. The molecule has 0 aromatic rings. The van der Waals surface area contributed by atoms with Crippen LogP contribution < -0.4 is 0 Å². The Bertz CT molecular complexity index is 349. The van der Waals surface area contributed by atoms with Gasteiger partial charge in [-0.1, -0.05) is 0 Å². The van der Waals surface area contributed by atoms with Crippen molar-refractivity contribution in [3.8, 4) is 6.07 Å². The molecule has 0 saturated carbocycles. The molecule has 0 amide bonds. The van der Waals surface area contributed by atoms with Crippen LogP contribution in [0.2, 0.25) is 0 Å². The van der Waals surface area contributed by atoms with Crippen molar-refractivity contribution in [1.82, 2.24) is 4.31 Å². The number of carboxylic acids is 1. The molecule has 1 saturated heterocycles. The lowest BCUT2D eigenvalue weighted by Gasteiger charge is -2.34. The first-order valence-corrected chi connectivity index (χ1v) is 5.16. The summed E-state index contributed by atoms with van der Waals surface area (Å²) in [4.78, 5) is 10.3. The number of sulfonamides is 1. The van der Waals surface area contributed by atoms with Crippen molar-refractivity contribution in [3.63, 3.8) is 0 Å². The third-order valence-corrected chi connectivity index (χ3v) is 3.42. The molecule has 1 N–H and O–H groups in total. The summed E-state index contributed by atoms with van der Waals surface area (Å²) in [6, 6.07) is 1.52. The minimum atomic E-state index is -3.53. The second kappa shape index (κ2) is 3.32. The lowest BCUT2D eigenvalue weighted by atomic mass is 10.0. The third-order valence-electron chi connectivity index (χ3n) is 1.84. The van der Waals surface area contributed by atoms with E-state index in [0.29, 0.717) is 0 Å². The molecular weight excluding hydrogens is 196 g/mol. The number of nitriles is 1. The number of hydrogen-bond donors (Lipinski definition) is 1. The molecule has 1 rings (SSSR count). The summed E-state index contributed by atoms with van der Waals surface area (Å²) in [6.45, 7) is -0.0291. The lowest BCUT2D eigenvalue weighted by Crippen LogP contribution is -2.53. The van der Waals surface area contributed by atoms with Crippen molar-refractivity contribution in [1.29, 1.82) is 5.26 Å². The van der Waals surface area contributed by atoms with E-state index in [1.807, 2.05) is 0 Å². The monoisotopic (exact) mass is 204 g/mol. The van der Waals surface area contributed by atoms with E-state index in [1.165, 1.54) is 6.07 Å². The predicted molar refractivity (Wildman–Crippen MR) is 42.1 cm³/mol. The maximum absolute atomic E-state index is 11.1. The zero-order chi connectivity index (χ0) is 10.1. The normalized spacial score (nSPS) is 19.0. The zero-order valence-electron chi connectivity index (χ0n) is 6.67. The van der Waals surface area contributed by atoms with Crippen LogP contribution in [0.5, 0.6) is 0 Å². The molecule has 0 aliphatic carbocycles. The standard InChI is InChI=1S/C6H8N2O4S/c7-1-2-13(11,12)8-3-5(4-8)6(9)10/h5H,2-4H2,(H,9,10). The van der Waals surface area contributed by atoms with Crippen LogP contribution in [0.25, 0.3) is 0 Å². The SMILES string of the molecule is N#CCS(=O)(=O)N1CC(C(=O)O)C1. The smallest absolute Gasteiger partial charge is 0.309 e. The second-order valence-electron chi connectivity index (χ2n) is 2.77. The molecule has 6 nitrogen and oxygen atoms in total. The quantitative estimate of drug-likeness (QED) is 0.626. The molecule has 0 bridgehead atoms. The van der Waals surface area contributed by atoms with Gasteiger partial charge in [-0.15, -0.1) is 0 Å². The van der Waals surface area contributed by atoms with Gasteiger partial charge in [0.15, 0.2) is 5.75 Å². The first-order chi connectivity index (χ1) is 5.97. The highest BCUT2D eigenvalue weighted by atomic mass is 32.2. The summed E-state index contributed by atoms with van der Waals surface area (Å²) < 4.78 is 23.2. The summed E-state index contributed by atoms with van der Waals surface area (Å²) in [6.07, 6.45) is 0. The van der Waals surface area contributed by atoms with Gasteiger partial charge in [0.2, 0.25) is 10.0 Å². The average Bonchev–Trinajstić information content (AvgIpc) is 1.79. The van der Waals surface area contributed by atoms with E-state index in [1.54, 1.807) is 0 Å². The van der Waals surface area contributed by atoms with E-state index in [0.717, 1.165) is 4.31 Å². The van der Waals surface area contributed by atoms with Crippen molar-refractivity contribution in [2.24, 2.45) is 5.92 Å². The van der Waals surface area contributed by atoms with Gasteiger partial charge in [-0.2, -0.15) is 9.57 Å². The van der Waals surface area contributed by atoms with E-state index in [4.69, 9.17) is 10.4 Å². The summed E-state index contributed by atoms with van der Waals surface area (Å²) in [5.74, 6) is -2.20. The minimum Gasteiger partial charge on any atom is -0.481 e. The Balaban J connectivity index is 2.53. The molecule has 1 aliphatic heterocycles. The molecule has 1 aliphatic rings. The van der Waals surface area contributed by atoms with Crippen molar-refractivity contribution in [3.05, 3.63) is 0 Å². The highest BCUT2D eigenvalue weighted by Crippen LogP contribution is 2.19. The highest BCUT2D eigenvalue weighted by molar-refractivity contribution is 7.89. The van der Waals surface area contributed by atoms with E-state index in [-0.39, 0.29) is 13.1 Å². The fourth-order valence-electron chi connectivity index (χ4n) is 0.994. The lowest BCUT2D eigenvalue weighted by molar-refractivity contribution is -0.145. The zero-order valence-corrected chi connectivity index (χ0v) is 7.49. The van der Waals surface area contributed by atoms with Crippen LogP contribution in [0.1, 0.15) is 0 Å². The van der Waals surface area contributed by atoms with Gasteiger partial charge in [-0.25, -0.2) is 8.42 Å². The Morgan fingerprint density at radius 3 is 2.54 bits per heavy atom. The van der Waals surface area contributed by atoms with E-state index in [9.17, 15) is 13.2 Å². The number of carbonyl (C=O) groups is 1. The van der Waals surface area contributed by atoms with Crippen LogP contribution >= 0.6 is 0 Å². The first kappa shape index (κ1) is 9.95. The topological polar surface area (TPSA) is 98.5 Å². The number of nitrogens with zero attached hydrogens (tertiary/aromatic N) is 2. The van der Waals surface area contributed by atoms with E-state index >= 15 is 0 Å². The van der Waals surface area contributed by atoms with Crippen LogP contribution in [-0.2, 0) is 14.8 Å². The maximum atomic E-state index is 11.1. The Kier molecular flexibility index (Phi) is 2.54. The minimum absolute atomic E-state index is 0.0145. The molecule has 1 heterocycles. The number of rotatable bonds is 3. The van der Waals surface area contributed by atoms with Crippen LogP contribution in [0.3, 0.4) is 0 Å². The second-order valence-corrected chi connectivity index (χ2v) is 4.74. The summed E-state index contributed by atoms with van der Waals surface area (Å²) in [5, 5.41) is 16.6. The van der Waals surface area contributed by atoms with E-state index < -0.39 is 27.7 Å². The van der Waals surface area contributed by atoms with Crippen molar-refractivity contribution in [2.45, 2.75) is 0 Å². The van der Waals surface area contributed by atoms with Gasteiger partial charge in [-0.05, 0) is 0 Å². The molecule has 0 radical (unpaired) electrons. The average molecular weight is 204 g/mol. The number of aliphatic carboxylic acids is 1. The first-order valence-electron chi connectivity index (χ1n) is 3.55. The Labute approximate surface area is 75.4 Å². The molecule has 0 atom stereocenters. The molecule has 13 heavy (non-hydrogen) atoms. The van der Waals surface area contributed by atoms with Gasteiger partial charge in [0.05, 0.1) is 12.0 Å². The van der Waals surface area contributed by atoms with Crippen LogP contribution in [0.4, 0.5) is 0 Å². The Morgan fingerprint density at radius 2 is 2.15 bits per heavy atom. The van der Waals surface area contributed by atoms with Gasteiger partial charge >= 0.3 is 5.97 Å². The third kappa shape index (κ3) is 1.96. The van der Waals surface area contributed by atoms with Crippen LogP contribution in [0, 0.1) is 17.2 Å². The fraction of sp³-hybridized carbons (Fsp3) is 0.667. The van der Waals surface area contributed by atoms with Crippen molar-refractivity contribution >= 4 is 16.0 Å². The Hall–Kier alpha value is -1.13. The van der Waals surface area contributed by atoms with Gasteiger partial charge < -0.3 is 5.11 Å². The summed E-state index contributed by atoms with van der Waals surface area (Å²) in [7, 11) is -3.53. The summed E-state index contributed by atoms with van der Waals surface area (Å²) >= 11 is 0. The van der Waals surface area contributed by atoms with Crippen molar-refractivity contribution < 1.29 is 18.3 Å². The summed E-state index contributed by atoms with van der Waals surface area (Å²) in [5.41, 5.74) is 0. The Morgan fingerprint density at radius 1 is 1.62 bits per heavy atom. The molecule has 7 heteroatoms. The largest absolute Gasteiger partial charge is 0.481 e. The molecule has 0 aromatic carbocycles. The number of hydrogen-bond acceptors (Lipinski definition) is 4. The van der Waals surface area contributed by atoms with E-state index in [2.05, 4.69) is 0 Å². The van der Waals surface area contributed by atoms with Gasteiger partial charge in [0.25, 0.3) is 0 Å². The predicted octanol–water partition coefficient (Wildman–Crippen LogP) is -1.14. The molecule has 0 unspecified atom stereocenters. The molecular formula is C6H8N2O4S. The van der Waals surface area contributed by atoms with Gasteiger partial charge in [-0.3, -0.25) is 4.79 Å². The van der Waals surface area contributed by atoms with Crippen LogP contribution in [-0.4, -0.2) is 42.6 Å². The van der Waals surface area contributed by atoms with Crippen molar-refractivity contribution in [2.75, 3.05) is 18.8 Å². The van der Waals surface area contributed by atoms with Crippen LogP contribution in [0.15, 0.2) is 0 Å². The highest BCUT2D eigenvalue weighted by Gasteiger charge is 2.39. The fourth-order valence-corrected chi connectivity index (χ4v) is 2.15. The maximum Gasteiger partial charge on any atom is 0.309 e. The molecule has 1 fully saturated rings. The number of carboxylic acid groups (broad SMARTS) is 1. The van der Waals surface area contributed by atoms with Gasteiger partial charge in [0.1, 0.15) is 0 Å². The molecule has 0 aromatic heterocycles. The van der Waals surface area contributed by atoms with Gasteiger partial charge in [0, 0.05) is 13.1 Å². The molecule has 0 spiro atoms.